The first-order valence-corrected chi connectivity index (χ1v) is 8.89. The van der Waals surface area contributed by atoms with Gasteiger partial charge in [0.1, 0.15) is 6.33 Å². The van der Waals surface area contributed by atoms with Crippen LogP contribution in [-0.2, 0) is 19.3 Å². The number of benzene rings is 2. The molecule has 3 aromatic rings. The Kier molecular flexibility index (Phi) is 8.21. The van der Waals surface area contributed by atoms with Gasteiger partial charge in [-0.2, -0.15) is 18.3 Å². The summed E-state index contributed by atoms with van der Waals surface area (Å²) in [6, 6.07) is 13.0. The van der Waals surface area contributed by atoms with E-state index in [4.69, 9.17) is 0 Å². The average molecular weight is 530 g/mol. The molecule has 0 aliphatic heterocycles. The van der Waals surface area contributed by atoms with Crippen LogP contribution in [0.3, 0.4) is 0 Å². The summed E-state index contributed by atoms with van der Waals surface area (Å²) < 4.78 is 38.1. The van der Waals surface area contributed by atoms with E-state index in [2.05, 4.69) is 25.5 Å². The SMILES string of the molecule is CN=C(NCc1cccc(-c2ncn[nH]2)c1)N(C)Cc1ccc(C(F)(F)F)cc1.I. The number of alkyl halides is 3. The third-order valence-corrected chi connectivity index (χ3v) is 4.34. The number of aromatic nitrogens is 3. The summed E-state index contributed by atoms with van der Waals surface area (Å²) in [6.45, 7) is 0.960. The molecule has 0 fully saturated rings. The summed E-state index contributed by atoms with van der Waals surface area (Å²) in [6.07, 6.45) is -2.87. The first kappa shape index (κ1) is 23.6. The fourth-order valence-corrected chi connectivity index (χ4v) is 2.89. The van der Waals surface area contributed by atoms with Crippen molar-refractivity contribution in [3.8, 4) is 11.4 Å². The number of aromatic amines is 1. The number of nitrogens with zero attached hydrogens (tertiary/aromatic N) is 4. The molecule has 0 unspecified atom stereocenters. The Hall–Kier alpha value is -2.63. The molecule has 6 nitrogen and oxygen atoms in total. The second-order valence-corrected chi connectivity index (χ2v) is 6.49. The van der Waals surface area contributed by atoms with E-state index in [-0.39, 0.29) is 24.0 Å². The molecule has 0 bridgehead atoms. The lowest BCUT2D eigenvalue weighted by atomic mass is 10.1. The van der Waals surface area contributed by atoms with Gasteiger partial charge in [-0.1, -0.05) is 30.3 Å². The Balaban J connectivity index is 0.00000320. The third-order valence-electron chi connectivity index (χ3n) is 4.34. The molecule has 0 aliphatic rings. The second-order valence-electron chi connectivity index (χ2n) is 6.49. The van der Waals surface area contributed by atoms with Crippen LogP contribution < -0.4 is 5.32 Å². The fourth-order valence-electron chi connectivity index (χ4n) is 2.89. The molecule has 30 heavy (non-hydrogen) atoms. The molecule has 160 valence electrons. The van der Waals surface area contributed by atoms with Crippen LogP contribution in [0.2, 0.25) is 0 Å². The van der Waals surface area contributed by atoms with Gasteiger partial charge in [-0.05, 0) is 29.3 Å². The molecule has 10 heteroatoms. The molecular formula is C20H22F3IN6. The van der Waals surface area contributed by atoms with Crippen molar-refractivity contribution in [3.05, 3.63) is 71.5 Å². The normalized spacial score (nSPS) is 11.7. The van der Waals surface area contributed by atoms with Crippen molar-refractivity contribution in [2.75, 3.05) is 14.1 Å². The first-order valence-electron chi connectivity index (χ1n) is 8.89. The standard InChI is InChI=1S/C20H21F3N6.HI/c1-24-19(29(2)12-14-6-8-17(9-7-14)20(21,22)23)25-11-15-4-3-5-16(10-15)18-26-13-27-28-18;/h3-10,13H,11-12H2,1-2H3,(H,24,25)(H,26,27,28);1H. The number of aliphatic imine (C=N–C) groups is 1. The molecular weight excluding hydrogens is 508 g/mol. The molecule has 1 heterocycles. The van der Waals surface area contributed by atoms with E-state index in [1.165, 1.54) is 18.5 Å². The zero-order valence-electron chi connectivity index (χ0n) is 16.4. The van der Waals surface area contributed by atoms with Gasteiger partial charge in [-0.15, -0.1) is 24.0 Å². The van der Waals surface area contributed by atoms with Crippen molar-refractivity contribution >= 4 is 29.9 Å². The summed E-state index contributed by atoms with van der Waals surface area (Å²) in [5, 5.41) is 9.95. The summed E-state index contributed by atoms with van der Waals surface area (Å²) in [5.41, 5.74) is 2.06. The van der Waals surface area contributed by atoms with Crippen LogP contribution in [0, 0.1) is 0 Å². The van der Waals surface area contributed by atoms with E-state index in [1.54, 1.807) is 7.05 Å². The van der Waals surface area contributed by atoms with Gasteiger partial charge in [0.05, 0.1) is 5.56 Å². The van der Waals surface area contributed by atoms with Crippen molar-refractivity contribution in [2.24, 2.45) is 4.99 Å². The zero-order valence-corrected chi connectivity index (χ0v) is 18.8. The van der Waals surface area contributed by atoms with E-state index in [9.17, 15) is 13.2 Å². The minimum Gasteiger partial charge on any atom is -0.352 e. The number of hydrogen-bond acceptors (Lipinski definition) is 3. The second kappa shape index (κ2) is 10.4. The van der Waals surface area contributed by atoms with E-state index >= 15 is 0 Å². The van der Waals surface area contributed by atoms with Gasteiger partial charge in [-0.25, -0.2) is 4.98 Å². The summed E-state index contributed by atoms with van der Waals surface area (Å²) in [5.74, 6) is 1.32. The third kappa shape index (κ3) is 6.18. The monoisotopic (exact) mass is 530 g/mol. The highest BCUT2D eigenvalue weighted by Crippen LogP contribution is 2.29. The van der Waals surface area contributed by atoms with Gasteiger partial charge < -0.3 is 10.2 Å². The molecule has 0 spiro atoms. The van der Waals surface area contributed by atoms with Crippen LogP contribution in [0.25, 0.3) is 11.4 Å². The number of guanidine groups is 1. The van der Waals surface area contributed by atoms with Gasteiger partial charge >= 0.3 is 6.18 Å². The van der Waals surface area contributed by atoms with Gasteiger partial charge in [0.2, 0.25) is 0 Å². The highest BCUT2D eigenvalue weighted by atomic mass is 127. The minimum atomic E-state index is -4.33. The average Bonchev–Trinajstić information content (AvgIpc) is 3.23. The summed E-state index contributed by atoms with van der Waals surface area (Å²) in [7, 11) is 3.49. The zero-order chi connectivity index (χ0) is 20.9. The van der Waals surface area contributed by atoms with Gasteiger partial charge in [-0.3, -0.25) is 10.1 Å². The Morgan fingerprint density at radius 2 is 1.87 bits per heavy atom. The van der Waals surface area contributed by atoms with Crippen LogP contribution in [0.1, 0.15) is 16.7 Å². The number of rotatable bonds is 5. The molecule has 3 rings (SSSR count). The molecule has 0 aliphatic carbocycles. The maximum absolute atomic E-state index is 12.7. The number of halogens is 4. The molecule has 2 aromatic carbocycles. The quantitative estimate of drug-likeness (QED) is 0.293. The van der Waals surface area contributed by atoms with Crippen molar-refractivity contribution in [2.45, 2.75) is 19.3 Å². The van der Waals surface area contributed by atoms with Gasteiger partial charge in [0, 0.05) is 32.7 Å². The Morgan fingerprint density at radius 1 is 1.13 bits per heavy atom. The molecule has 2 N–H and O–H groups in total. The molecule has 0 radical (unpaired) electrons. The molecule has 0 atom stereocenters. The molecule has 0 saturated heterocycles. The minimum absolute atomic E-state index is 0. The van der Waals surface area contributed by atoms with Gasteiger partial charge in [0.15, 0.2) is 11.8 Å². The Labute approximate surface area is 189 Å². The molecule has 0 saturated carbocycles. The van der Waals surface area contributed by atoms with Crippen LogP contribution in [0.4, 0.5) is 13.2 Å². The van der Waals surface area contributed by atoms with Crippen LogP contribution >= 0.6 is 24.0 Å². The predicted molar refractivity (Wildman–Crippen MR) is 120 cm³/mol. The first-order chi connectivity index (χ1) is 13.9. The largest absolute Gasteiger partial charge is 0.416 e. The molecule has 0 amide bonds. The van der Waals surface area contributed by atoms with Crippen molar-refractivity contribution in [3.63, 3.8) is 0 Å². The summed E-state index contributed by atoms with van der Waals surface area (Å²) >= 11 is 0. The van der Waals surface area contributed by atoms with E-state index in [1.807, 2.05) is 36.2 Å². The lowest BCUT2D eigenvalue weighted by molar-refractivity contribution is -0.137. The topological polar surface area (TPSA) is 69.2 Å². The van der Waals surface area contributed by atoms with Crippen LogP contribution in [0.5, 0.6) is 0 Å². The highest BCUT2D eigenvalue weighted by molar-refractivity contribution is 14.0. The lowest BCUT2D eigenvalue weighted by Crippen LogP contribution is -2.38. The fraction of sp³-hybridized carbons (Fsp3) is 0.250. The Morgan fingerprint density at radius 3 is 2.47 bits per heavy atom. The lowest BCUT2D eigenvalue weighted by Gasteiger charge is -2.22. The van der Waals surface area contributed by atoms with Crippen molar-refractivity contribution in [1.82, 2.24) is 25.4 Å². The van der Waals surface area contributed by atoms with Crippen molar-refractivity contribution in [1.29, 1.82) is 0 Å². The Bertz CT molecular complexity index is 955. The van der Waals surface area contributed by atoms with E-state index in [0.717, 1.165) is 28.8 Å². The maximum atomic E-state index is 12.7. The van der Waals surface area contributed by atoms with Crippen LogP contribution in [-0.4, -0.2) is 40.1 Å². The van der Waals surface area contributed by atoms with E-state index < -0.39 is 11.7 Å². The van der Waals surface area contributed by atoms with Gasteiger partial charge in [0.25, 0.3) is 0 Å². The summed E-state index contributed by atoms with van der Waals surface area (Å²) in [4.78, 5) is 10.2. The molecule has 1 aromatic heterocycles. The number of nitrogens with one attached hydrogen (secondary N) is 2. The highest BCUT2D eigenvalue weighted by Gasteiger charge is 2.29. The number of hydrogen-bond donors (Lipinski definition) is 2. The van der Waals surface area contributed by atoms with Crippen LogP contribution in [0.15, 0.2) is 59.9 Å². The smallest absolute Gasteiger partial charge is 0.352 e. The van der Waals surface area contributed by atoms with Crippen molar-refractivity contribution < 1.29 is 13.2 Å². The number of H-pyrrole nitrogens is 1. The van der Waals surface area contributed by atoms with E-state index in [0.29, 0.717) is 24.9 Å². The predicted octanol–water partition coefficient (Wildman–Crippen LogP) is 4.32. The maximum Gasteiger partial charge on any atom is 0.416 e.